The molecule has 5 heteroatoms. The third-order valence-corrected chi connectivity index (χ3v) is 5.87. The highest BCUT2D eigenvalue weighted by molar-refractivity contribution is 7.15. The first-order chi connectivity index (χ1) is 10.7. The quantitative estimate of drug-likeness (QED) is 0.926. The number of nitrogens with one attached hydrogen (secondary N) is 1. The summed E-state index contributed by atoms with van der Waals surface area (Å²) in [5.41, 5.74) is 0.983. The first-order valence-corrected chi connectivity index (χ1v) is 8.47. The number of anilines is 1. The maximum atomic E-state index is 13.7. The van der Waals surface area contributed by atoms with Gasteiger partial charge in [0.25, 0.3) is 0 Å². The topological polar surface area (TPSA) is 42.0 Å². The SMILES string of the molecule is O=C(Nc1ncc(Cc2ccccc2F)s1)[C@@H]1CC12CCC2. The molecule has 2 aliphatic carbocycles. The standard InChI is InChI=1S/C17H17FN2OS/c18-14-5-2-1-4-11(14)8-12-10-19-16(22-12)20-15(21)13-9-17(13)6-3-7-17/h1-2,4-5,10,13H,3,6-9H2,(H,19,20,21)/t13-/m0/s1. The average molecular weight is 316 g/mol. The Morgan fingerprint density at radius 1 is 1.41 bits per heavy atom. The van der Waals surface area contributed by atoms with Crippen LogP contribution in [0.15, 0.2) is 30.5 Å². The summed E-state index contributed by atoms with van der Waals surface area (Å²) in [6, 6.07) is 6.75. The molecule has 114 valence electrons. The molecule has 2 fully saturated rings. The number of aromatic nitrogens is 1. The molecule has 1 amide bonds. The second-order valence-electron chi connectivity index (χ2n) is 6.36. The molecule has 0 radical (unpaired) electrons. The number of nitrogens with zero attached hydrogens (tertiary/aromatic N) is 1. The monoisotopic (exact) mass is 316 g/mol. The van der Waals surface area contributed by atoms with Crippen LogP contribution in [0, 0.1) is 17.2 Å². The third-order valence-electron chi connectivity index (χ3n) is 4.96. The minimum atomic E-state index is -0.202. The Labute approximate surface area is 132 Å². The van der Waals surface area contributed by atoms with E-state index in [1.807, 2.05) is 6.07 Å². The number of halogens is 1. The maximum absolute atomic E-state index is 13.7. The largest absolute Gasteiger partial charge is 0.302 e. The molecule has 0 bridgehead atoms. The molecule has 1 heterocycles. The van der Waals surface area contributed by atoms with Crippen LogP contribution in [0.25, 0.3) is 0 Å². The first-order valence-electron chi connectivity index (χ1n) is 7.65. The van der Waals surface area contributed by atoms with Crippen LogP contribution < -0.4 is 5.32 Å². The molecule has 1 atom stereocenters. The Hall–Kier alpha value is -1.75. The lowest BCUT2D eigenvalue weighted by atomic mass is 9.80. The fourth-order valence-corrected chi connectivity index (χ4v) is 4.21. The highest BCUT2D eigenvalue weighted by atomic mass is 32.1. The van der Waals surface area contributed by atoms with E-state index in [4.69, 9.17) is 0 Å². The van der Waals surface area contributed by atoms with Gasteiger partial charge in [0.05, 0.1) is 0 Å². The zero-order chi connectivity index (χ0) is 15.2. The zero-order valence-corrected chi connectivity index (χ0v) is 13.0. The fourth-order valence-electron chi connectivity index (χ4n) is 3.37. The van der Waals surface area contributed by atoms with Gasteiger partial charge >= 0.3 is 0 Å². The van der Waals surface area contributed by atoms with Crippen molar-refractivity contribution in [3.63, 3.8) is 0 Å². The van der Waals surface area contributed by atoms with Gasteiger partial charge in [-0.15, -0.1) is 11.3 Å². The molecule has 2 aromatic rings. The van der Waals surface area contributed by atoms with Crippen LogP contribution in [0.1, 0.15) is 36.1 Å². The number of hydrogen-bond acceptors (Lipinski definition) is 3. The maximum Gasteiger partial charge on any atom is 0.229 e. The molecule has 2 saturated carbocycles. The van der Waals surface area contributed by atoms with Gasteiger partial charge in [0, 0.05) is 23.4 Å². The minimum Gasteiger partial charge on any atom is -0.302 e. The van der Waals surface area contributed by atoms with Crippen LogP contribution in [-0.4, -0.2) is 10.9 Å². The van der Waals surface area contributed by atoms with Crippen molar-refractivity contribution in [2.24, 2.45) is 11.3 Å². The van der Waals surface area contributed by atoms with Gasteiger partial charge in [0.15, 0.2) is 5.13 Å². The van der Waals surface area contributed by atoms with Crippen LogP contribution >= 0.6 is 11.3 Å². The Balaban J connectivity index is 1.39. The van der Waals surface area contributed by atoms with E-state index >= 15 is 0 Å². The summed E-state index contributed by atoms with van der Waals surface area (Å²) >= 11 is 1.43. The lowest BCUT2D eigenvalue weighted by Crippen LogP contribution is -2.23. The van der Waals surface area contributed by atoms with E-state index in [0.717, 1.165) is 11.3 Å². The zero-order valence-electron chi connectivity index (χ0n) is 12.1. The number of carbonyl (C=O) groups excluding carboxylic acids is 1. The number of amides is 1. The summed E-state index contributed by atoms with van der Waals surface area (Å²) in [5, 5.41) is 3.55. The van der Waals surface area contributed by atoms with Crippen LogP contribution in [0.4, 0.5) is 9.52 Å². The van der Waals surface area contributed by atoms with Crippen molar-refractivity contribution in [1.29, 1.82) is 0 Å². The van der Waals surface area contributed by atoms with Crippen LogP contribution in [0.3, 0.4) is 0 Å². The van der Waals surface area contributed by atoms with Gasteiger partial charge in [0.1, 0.15) is 5.82 Å². The number of benzene rings is 1. The molecular weight excluding hydrogens is 299 g/mol. The summed E-state index contributed by atoms with van der Waals surface area (Å²) < 4.78 is 13.7. The first kappa shape index (κ1) is 13.9. The van der Waals surface area contributed by atoms with Crippen molar-refractivity contribution < 1.29 is 9.18 Å². The van der Waals surface area contributed by atoms with Crippen molar-refractivity contribution in [2.75, 3.05) is 5.32 Å². The minimum absolute atomic E-state index is 0.103. The molecule has 1 aromatic carbocycles. The fraction of sp³-hybridized carbons (Fsp3) is 0.412. The molecule has 3 nitrogen and oxygen atoms in total. The highest BCUT2D eigenvalue weighted by Crippen LogP contribution is 2.65. The van der Waals surface area contributed by atoms with Crippen molar-refractivity contribution in [3.8, 4) is 0 Å². The van der Waals surface area contributed by atoms with Gasteiger partial charge in [-0.2, -0.15) is 0 Å². The van der Waals surface area contributed by atoms with Crippen LogP contribution in [-0.2, 0) is 11.2 Å². The molecular formula is C17H17FN2OS. The summed E-state index contributed by atoms with van der Waals surface area (Å²) in [7, 11) is 0. The molecule has 1 spiro atoms. The predicted octanol–water partition coefficient (Wildman–Crippen LogP) is 4.00. The Morgan fingerprint density at radius 2 is 2.23 bits per heavy atom. The predicted molar refractivity (Wildman–Crippen MR) is 84.3 cm³/mol. The van der Waals surface area contributed by atoms with Crippen molar-refractivity contribution in [1.82, 2.24) is 4.98 Å². The van der Waals surface area contributed by atoms with E-state index in [2.05, 4.69) is 10.3 Å². The van der Waals surface area contributed by atoms with Crippen molar-refractivity contribution in [2.45, 2.75) is 32.1 Å². The molecule has 0 saturated heterocycles. The average Bonchev–Trinajstić information content (AvgIpc) is 3.11. The summed E-state index contributed by atoms with van der Waals surface area (Å²) in [5.74, 6) is 0.0815. The smallest absolute Gasteiger partial charge is 0.229 e. The number of hydrogen-bond donors (Lipinski definition) is 1. The van der Waals surface area contributed by atoms with Gasteiger partial charge in [-0.05, 0) is 36.3 Å². The molecule has 0 unspecified atom stereocenters. The summed E-state index contributed by atoms with van der Waals surface area (Å²) in [6.45, 7) is 0. The Bertz CT molecular complexity index is 723. The lowest BCUT2D eigenvalue weighted by molar-refractivity contribution is -0.118. The summed E-state index contributed by atoms with van der Waals surface area (Å²) in [6.07, 6.45) is 6.91. The molecule has 1 N–H and O–H groups in total. The van der Waals surface area contributed by atoms with Gasteiger partial charge in [-0.25, -0.2) is 9.37 Å². The molecule has 2 aliphatic rings. The highest BCUT2D eigenvalue weighted by Gasteiger charge is 2.60. The second-order valence-corrected chi connectivity index (χ2v) is 7.48. The number of thiazole rings is 1. The summed E-state index contributed by atoms with van der Waals surface area (Å²) in [4.78, 5) is 17.4. The van der Waals surface area contributed by atoms with Crippen LogP contribution in [0.5, 0.6) is 0 Å². The number of rotatable bonds is 4. The van der Waals surface area contributed by atoms with E-state index in [0.29, 0.717) is 22.5 Å². The number of carbonyl (C=O) groups is 1. The molecule has 4 rings (SSSR count). The van der Waals surface area contributed by atoms with E-state index < -0.39 is 0 Å². The molecule has 0 aliphatic heterocycles. The van der Waals surface area contributed by atoms with Gasteiger partial charge in [0.2, 0.25) is 5.91 Å². The Kier molecular flexibility index (Phi) is 3.26. The van der Waals surface area contributed by atoms with E-state index in [1.54, 1.807) is 18.3 Å². The lowest BCUT2D eigenvalue weighted by Gasteiger charge is -2.26. The van der Waals surface area contributed by atoms with Crippen molar-refractivity contribution >= 4 is 22.4 Å². The van der Waals surface area contributed by atoms with Gasteiger partial charge < -0.3 is 5.32 Å². The van der Waals surface area contributed by atoms with Gasteiger partial charge in [-0.3, -0.25) is 4.79 Å². The normalized spacial score (nSPS) is 21.4. The van der Waals surface area contributed by atoms with E-state index in [1.165, 1.54) is 36.7 Å². The van der Waals surface area contributed by atoms with Crippen LogP contribution in [0.2, 0.25) is 0 Å². The van der Waals surface area contributed by atoms with E-state index in [-0.39, 0.29) is 17.6 Å². The third kappa shape index (κ3) is 2.43. The van der Waals surface area contributed by atoms with E-state index in [9.17, 15) is 9.18 Å². The molecule has 1 aromatic heterocycles. The second kappa shape index (κ2) is 5.16. The van der Waals surface area contributed by atoms with Gasteiger partial charge in [-0.1, -0.05) is 24.6 Å². The van der Waals surface area contributed by atoms with Crippen molar-refractivity contribution in [3.05, 3.63) is 46.7 Å². The Morgan fingerprint density at radius 3 is 2.91 bits per heavy atom. The molecule has 22 heavy (non-hydrogen) atoms.